The average molecular weight is 148 g/mol. The molecule has 1 rings (SSSR count). The molecule has 8 heavy (non-hydrogen) atoms. The summed E-state index contributed by atoms with van der Waals surface area (Å²) >= 11 is 0. The van der Waals surface area contributed by atoms with Crippen LogP contribution in [0.2, 0.25) is 0 Å². The fraction of sp³-hybridized carbons (Fsp3) is 0.800. The van der Waals surface area contributed by atoms with Gasteiger partial charge in [0, 0.05) is 12.2 Å². The molecule has 1 saturated heterocycles. The summed E-state index contributed by atoms with van der Waals surface area (Å²) in [5.74, 6) is 1.15. The average Bonchev–Trinajstić information content (AvgIpc) is 1.94. The van der Waals surface area contributed by atoms with E-state index in [0.717, 1.165) is 18.6 Å². The first-order valence-electron chi connectivity index (χ1n) is 2.72. The van der Waals surface area contributed by atoms with Crippen molar-refractivity contribution in [3.05, 3.63) is 0 Å². The van der Waals surface area contributed by atoms with Crippen molar-refractivity contribution in [2.45, 2.75) is 19.3 Å². The molecule has 46 valence electrons. The van der Waals surface area contributed by atoms with Gasteiger partial charge in [0.25, 0.3) is 0 Å². The molecule has 0 radical (unpaired) electrons. The van der Waals surface area contributed by atoms with E-state index in [1.807, 2.05) is 0 Å². The van der Waals surface area contributed by atoms with E-state index in [1.165, 1.54) is 17.2 Å². The lowest BCUT2D eigenvalue weighted by Crippen LogP contribution is -1.84. The molecular weight excluding hydrogens is 140 g/mol. The van der Waals surface area contributed by atoms with E-state index >= 15 is 0 Å². The van der Waals surface area contributed by atoms with E-state index in [2.05, 4.69) is 0 Å². The van der Waals surface area contributed by atoms with Crippen molar-refractivity contribution in [1.82, 2.24) is 0 Å². The minimum Gasteiger partial charge on any atom is -0.286 e. The van der Waals surface area contributed by atoms with Gasteiger partial charge >= 0.3 is 0 Å². The third-order valence-electron chi connectivity index (χ3n) is 1.01. The Morgan fingerprint density at radius 3 is 3.12 bits per heavy atom. The van der Waals surface area contributed by atoms with Crippen molar-refractivity contribution in [1.29, 1.82) is 0 Å². The lowest BCUT2D eigenvalue weighted by molar-refractivity contribution is -0.110. The molecule has 0 atom stereocenters. The number of hydrogen-bond acceptors (Lipinski definition) is 3. The molecule has 1 nitrogen and oxygen atoms in total. The molecule has 0 aliphatic carbocycles. The van der Waals surface area contributed by atoms with Gasteiger partial charge in [0.1, 0.15) is 0 Å². The van der Waals surface area contributed by atoms with Crippen molar-refractivity contribution >= 4 is 26.7 Å². The molecule has 1 fully saturated rings. The Bertz CT molecular complexity index is 82.4. The Morgan fingerprint density at radius 1 is 1.38 bits per heavy atom. The maximum atomic E-state index is 10.6. The first-order valence-corrected chi connectivity index (χ1v) is 5.04. The van der Waals surface area contributed by atoms with Crippen LogP contribution in [0.5, 0.6) is 0 Å². The second kappa shape index (κ2) is 3.41. The number of rotatable bonds is 0. The topological polar surface area (TPSA) is 17.1 Å². The first kappa shape index (κ1) is 6.49. The van der Waals surface area contributed by atoms with Gasteiger partial charge in [-0.3, -0.25) is 4.79 Å². The summed E-state index contributed by atoms with van der Waals surface area (Å²) in [7, 11) is 3.11. The maximum absolute atomic E-state index is 10.6. The van der Waals surface area contributed by atoms with E-state index < -0.39 is 0 Å². The molecule has 0 saturated carbocycles. The second-order valence-corrected chi connectivity index (χ2v) is 4.21. The Morgan fingerprint density at radius 2 is 2.25 bits per heavy atom. The largest absolute Gasteiger partial charge is 0.286 e. The molecule has 0 amide bonds. The zero-order valence-corrected chi connectivity index (χ0v) is 6.19. The summed E-state index contributed by atoms with van der Waals surface area (Å²) < 4.78 is 0. The Hall–Kier alpha value is 0.370. The molecule has 0 aromatic carbocycles. The molecule has 0 aromatic rings. The summed E-state index contributed by atoms with van der Waals surface area (Å²) in [6.07, 6.45) is 3.10. The Balaban J connectivity index is 2.27. The predicted octanol–water partition coefficient (Wildman–Crippen LogP) is 2.08. The minimum atomic E-state index is 0.354. The number of carbonyl (C=O) groups excluding carboxylic acids is 1. The zero-order chi connectivity index (χ0) is 5.82. The standard InChI is InChI=1S/C5H8OS2/c6-5-3-1-2-4-7-8-5/h1-4H2. The molecule has 0 N–H and O–H groups in total. The summed E-state index contributed by atoms with van der Waals surface area (Å²) in [5.41, 5.74) is 0. The Labute approximate surface area is 57.0 Å². The van der Waals surface area contributed by atoms with Gasteiger partial charge in [-0.2, -0.15) is 0 Å². The van der Waals surface area contributed by atoms with Crippen LogP contribution >= 0.6 is 21.6 Å². The molecule has 0 spiro atoms. The highest BCUT2D eigenvalue weighted by molar-refractivity contribution is 8.82. The summed E-state index contributed by atoms with van der Waals surface area (Å²) in [6, 6.07) is 0. The van der Waals surface area contributed by atoms with Crippen molar-refractivity contribution < 1.29 is 4.79 Å². The second-order valence-electron chi connectivity index (χ2n) is 1.73. The maximum Gasteiger partial charge on any atom is 0.199 e. The van der Waals surface area contributed by atoms with Gasteiger partial charge in [-0.05, 0) is 23.6 Å². The lowest BCUT2D eigenvalue weighted by Gasteiger charge is -1.85. The monoisotopic (exact) mass is 148 g/mol. The van der Waals surface area contributed by atoms with Gasteiger partial charge in [-0.1, -0.05) is 10.8 Å². The fourth-order valence-electron chi connectivity index (χ4n) is 0.579. The summed E-state index contributed by atoms with van der Waals surface area (Å²) in [4.78, 5) is 10.6. The van der Waals surface area contributed by atoms with Crippen LogP contribution < -0.4 is 0 Å². The van der Waals surface area contributed by atoms with E-state index in [-0.39, 0.29) is 0 Å². The molecule has 1 aliphatic rings. The zero-order valence-electron chi connectivity index (χ0n) is 4.55. The lowest BCUT2D eigenvalue weighted by atomic mass is 10.3. The van der Waals surface area contributed by atoms with Gasteiger partial charge in [0.15, 0.2) is 5.12 Å². The predicted molar refractivity (Wildman–Crippen MR) is 38.9 cm³/mol. The highest BCUT2D eigenvalue weighted by Crippen LogP contribution is 2.28. The van der Waals surface area contributed by atoms with Gasteiger partial charge in [-0.15, -0.1) is 0 Å². The number of hydrogen-bond donors (Lipinski definition) is 0. The van der Waals surface area contributed by atoms with Crippen LogP contribution in [0.25, 0.3) is 0 Å². The fourth-order valence-corrected chi connectivity index (χ4v) is 2.59. The molecule has 0 aromatic heterocycles. The van der Waals surface area contributed by atoms with Crippen LogP contribution in [0.3, 0.4) is 0 Å². The van der Waals surface area contributed by atoms with Crippen molar-refractivity contribution in [3.8, 4) is 0 Å². The third kappa shape index (κ3) is 2.09. The van der Waals surface area contributed by atoms with E-state index in [1.54, 1.807) is 10.8 Å². The van der Waals surface area contributed by atoms with Crippen LogP contribution in [-0.4, -0.2) is 10.9 Å². The van der Waals surface area contributed by atoms with E-state index in [0.29, 0.717) is 5.12 Å². The molecule has 0 unspecified atom stereocenters. The van der Waals surface area contributed by atoms with E-state index in [9.17, 15) is 4.79 Å². The van der Waals surface area contributed by atoms with Gasteiger partial charge < -0.3 is 0 Å². The quantitative estimate of drug-likeness (QED) is 0.490. The van der Waals surface area contributed by atoms with Crippen LogP contribution in [-0.2, 0) is 4.79 Å². The minimum absolute atomic E-state index is 0.354. The Kier molecular flexibility index (Phi) is 2.76. The summed E-state index contributed by atoms with van der Waals surface area (Å²) in [5, 5.41) is 0.354. The van der Waals surface area contributed by atoms with Crippen LogP contribution in [0.4, 0.5) is 0 Å². The molecule has 0 bridgehead atoms. The van der Waals surface area contributed by atoms with Gasteiger partial charge in [-0.25, -0.2) is 0 Å². The summed E-state index contributed by atoms with van der Waals surface area (Å²) in [6.45, 7) is 0. The SMILES string of the molecule is O=C1CCCCSS1. The van der Waals surface area contributed by atoms with Gasteiger partial charge in [0.2, 0.25) is 0 Å². The highest BCUT2D eigenvalue weighted by atomic mass is 33.1. The molecular formula is C5H8OS2. The first-order chi connectivity index (χ1) is 3.89. The van der Waals surface area contributed by atoms with Crippen molar-refractivity contribution in [3.63, 3.8) is 0 Å². The highest BCUT2D eigenvalue weighted by Gasteiger charge is 2.06. The third-order valence-corrected chi connectivity index (χ3v) is 3.38. The van der Waals surface area contributed by atoms with Crippen molar-refractivity contribution in [2.75, 3.05) is 5.75 Å². The molecule has 1 aliphatic heterocycles. The smallest absolute Gasteiger partial charge is 0.199 e. The number of carbonyl (C=O) groups is 1. The van der Waals surface area contributed by atoms with Crippen LogP contribution in [0, 0.1) is 0 Å². The van der Waals surface area contributed by atoms with Crippen molar-refractivity contribution in [2.24, 2.45) is 0 Å². The molecule has 1 heterocycles. The van der Waals surface area contributed by atoms with Crippen LogP contribution in [0.15, 0.2) is 0 Å². The van der Waals surface area contributed by atoms with E-state index in [4.69, 9.17) is 0 Å². The van der Waals surface area contributed by atoms with Crippen LogP contribution in [0.1, 0.15) is 19.3 Å². The normalized spacial score (nSPS) is 22.8. The molecule has 3 heteroatoms. The van der Waals surface area contributed by atoms with Gasteiger partial charge in [0.05, 0.1) is 0 Å².